The van der Waals surface area contributed by atoms with E-state index < -0.39 is 12.0 Å². The number of carboxylic acids is 1. The lowest BCUT2D eigenvalue weighted by molar-refractivity contribution is -0.148. The summed E-state index contributed by atoms with van der Waals surface area (Å²) in [6.07, 6.45) is 1.61. The number of nitrogens with zero attached hydrogens (tertiary/aromatic N) is 2. The molecule has 1 fully saturated rings. The molecule has 2 aliphatic heterocycles. The Balaban J connectivity index is 1.55. The Labute approximate surface area is 156 Å². The second-order valence-corrected chi connectivity index (χ2v) is 7.61. The third-order valence-electron chi connectivity index (χ3n) is 4.94. The zero-order valence-electron chi connectivity index (χ0n) is 14.3. The van der Waals surface area contributed by atoms with E-state index >= 15 is 0 Å². The first-order chi connectivity index (χ1) is 12.6. The monoisotopic (exact) mass is 368 g/mol. The van der Waals surface area contributed by atoms with Crippen LogP contribution in [-0.2, 0) is 9.59 Å². The first-order valence-electron chi connectivity index (χ1n) is 8.81. The number of fused-ring (bicyclic) bond motifs is 2. The van der Waals surface area contributed by atoms with Gasteiger partial charge in [0.1, 0.15) is 6.04 Å². The second kappa shape index (κ2) is 7.03. The van der Waals surface area contributed by atoms with Gasteiger partial charge in [-0.15, -0.1) is 0 Å². The van der Waals surface area contributed by atoms with Gasteiger partial charge in [0.2, 0.25) is 5.91 Å². The summed E-state index contributed by atoms with van der Waals surface area (Å²) in [6, 6.07) is 15.7. The molecule has 2 aromatic rings. The van der Waals surface area contributed by atoms with E-state index in [1.165, 1.54) is 14.7 Å². The van der Waals surface area contributed by atoms with Crippen LogP contribution in [0.15, 0.2) is 58.3 Å². The highest BCUT2D eigenvalue weighted by Crippen LogP contribution is 2.47. The van der Waals surface area contributed by atoms with Crippen molar-refractivity contribution in [2.45, 2.75) is 35.1 Å². The number of likely N-dealkylation sites (tertiary alicyclic amines) is 1. The molecule has 1 saturated heterocycles. The van der Waals surface area contributed by atoms with Crippen LogP contribution in [0.3, 0.4) is 0 Å². The summed E-state index contributed by atoms with van der Waals surface area (Å²) in [6.45, 7) is 1.08. The molecule has 2 aromatic carbocycles. The van der Waals surface area contributed by atoms with Crippen LogP contribution in [0.25, 0.3) is 0 Å². The molecule has 4 rings (SSSR count). The molecule has 0 aliphatic carbocycles. The number of hydrogen-bond donors (Lipinski definition) is 1. The minimum absolute atomic E-state index is 0.0805. The summed E-state index contributed by atoms with van der Waals surface area (Å²) in [5.74, 6) is -0.982. The van der Waals surface area contributed by atoms with Crippen molar-refractivity contribution in [1.29, 1.82) is 0 Å². The van der Waals surface area contributed by atoms with Gasteiger partial charge in [0.05, 0.1) is 11.4 Å². The highest BCUT2D eigenvalue weighted by molar-refractivity contribution is 7.99. The van der Waals surface area contributed by atoms with E-state index in [9.17, 15) is 14.7 Å². The standard InChI is InChI=1S/C20H20N2O3S/c23-19(22-12-5-8-16(22)20(24)25)11-13-21-14-6-1-3-9-17(14)26-18-10-4-2-7-15(18)21/h1-4,6-7,9-10,16H,5,8,11-13H2,(H,24,25). The third kappa shape index (κ3) is 3.05. The molecule has 2 heterocycles. The summed E-state index contributed by atoms with van der Waals surface area (Å²) in [5, 5.41) is 9.30. The number of para-hydroxylation sites is 2. The average Bonchev–Trinajstić information content (AvgIpc) is 3.15. The topological polar surface area (TPSA) is 60.9 Å². The fourth-order valence-electron chi connectivity index (χ4n) is 3.70. The molecule has 6 heteroatoms. The third-order valence-corrected chi connectivity index (χ3v) is 6.07. The van der Waals surface area contributed by atoms with Crippen molar-refractivity contribution in [3.8, 4) is 0 Å². The summed E-state index contributed by atoms with van der Waals surface area (Å²) in [7, 11) is 0. The Bertz CT molecular complexity index is 809. The van der Waals surface area contributed by atoms with Gasteiger partial charge in [-0.05, 0) is 37.1 Å². The number of carbonyl (C=O) groups is 2. The van der Waals surface area contributed by atoms with Crippen LogP contribution in [0.2, 0.25) is 0 Å². The summed E-state index contributed by atoms with van der Waals surface area (Å²) < 4.78 is 0. The zero-order valence-corrected chi connectivity index (χ0v) is 15.1. The SMILES string of the molecule is O=C(O)C1CCCN1C(=O)CCN1c2ccccc2Sc2ccccc21. The van der Waals surface area contributed by atoms with Gasteiger partial charge in [-0.25, -0.2) is 4.79 Å². The molecule has 0 saturated carbocycles. The van der Waals surface area contributed by atoms with Crippen LogP contribution in [0, 0.1) is 0 Å². The minimum atomic E-state index is -0.902. The van der Waals surface area contributed by atoms with Gasteiger partial charge >= 0.3 is 5.97 Å². The van der Waals surface area contributed by atoms with E-state index in [1.807, 2.05) is 24.3 Å². The van der Waals surface area contributed by atoms with Crippen LogP contribution in [0.1, 0.15) is 19.3 Å². The lowest BCUT2D eigenvalue weighted by atomic mass is 10.2. The Morgan fingerprint density at radius 2 is 1.65 bits per heavy atom. The van der Waals surface area contributed by atoms with Crippen LogP contribution in [0.4, 0.5) is 11.4 Å². The number of carboxylic acid groups (broad SMARTS) is 1. The Hall–Kier alpha value is -2.47. The zero-order chi connectivity index (χ0) is 18.1. The van der Waals surface area contributed by atoms with Gasteiger partial charge in [0, 0.05) is 29.3 Å². The van der Waals surface area contributed by atoms with E-state index in [0.29, 0.717) is 25.9 Å². The van der Waals surface area contributed by atoms with Crippen LogP contribution < -0.4 is 4.90 Å². The Kier molecular flexibility index (Phi) is 4.59. The first kappa shape index (κ1) is 17.0. The number of amides is 1. The molecular weight excluding hydrogens is 348 g/mol. The minimum Gasteiger partial charge on any atom is -0.480 e. The number of hydrogen-bond acceptors (Lipinski definition) is 4. The van der Waals surface area contributed by atoms with E-state index in [4.69, 9.17) is 0 Å². The van der Waals surface area contributed by atoms with Crippen molar-refractivity contribution >= 4 is 35.0 Å². The molecule has 1 N–H and O–H groups in total. The normalized spacial score (nSPS) is 18.4. The molecule has 26 heavy (non-hydrogen) atoms. The van der Waals surface area contributed by atoms with E-state index in [-0.39, 0.29) is 5.91 Å². The quantitative estimate of drug-likeness (QED) is 0.890. The fourth-order valence-corrected chi connectivity index (χ4v) is 4.79. The van der Waals surface area contributed by atoms with E-state index in [2.05, 4.69) is 29.2 Å². The molecule has 0 aromatic heterocycles. The largest absolute Gasteiger partial charge is 0.480 e. The molecule has 134 valence electrons. The average molecular weight is 368 g/mol. The van der Waals surface area contributed by atoms with E-state index in [1.54, 1.807) is 11.8 Å². The smallest absolute Gasteiger partial charge is 0.326 e. The van der Waals surface area contributed by atoms with Gasteiger partial charge in [0.25, 0.3) is 0 Å². The molecule has 5 nitrogen and oxygen atoms in total. The maximum atomic E-state index is 12.7. The maximum absolute atomic E-state index is 12.7. The van der Waals surface area contributed by atoms with Crippen molar-refractivity contribution in [2.24, 2.45) is 0 Å². The predicted molar refractivity (Wildman–Crippen MR) is 101 cm³/mol. The van der Waals surface area contributed by atoms with Crippen molar-refractivity contribution in [2.75, 3.05) is 18.0 Å². The fraction of sp³-hybridized carbons (Fsp3) is 0.300. The molecule has 1 unspecified atom stereocenters. The van der Waals surface area contributed by atoms with Crippen molar-refractivity contribution in [3.63, 3.8) is 0 Å². The predicted octanol–water partition coefficient (Wildman–Crippen LogP) is 3.76. The number of anilines is 2. The first-order valence-corrected chi connectivity index (χ1v) is 9.62. The lowest BCUT2D eigenvalue weighted by Gasteiger charge is -2.33. The van der Waals surface area contributed by atoms with Gasteiger partial charge in [0.15, 0.2) is 0 Å². The van der Waals surface area contributed by atoms with Crippen molar-refractivity contribution in [3.05, 3.63) is 48.5 Å². The molecule has 2 aliphatic rings. The van der Waals surface area contributed by atoms with Gasteiger partial charge in [-0.2, -0.15) is 0 Å². The van der Waals surface area contributed by atoms with Crippen molar-refractivity contribution in [1.82, 2.24) is 4.90 Å². The van der Waals surface area contributed by atoms with Gasteiger partial charge in [-0.3, -0.25) is 4.79 Å². The van der Waals surface area contributed by atoms with Crippen LogP contribution in [-0.4, -0.2) is 41.0 Å². The number of rotatable bonds is 4. The maximum Gasteiger partial charge on any atom is 0.326 e. The lowest BCUT2D eigenvalue weighted by Crippen LogP contribution is -2.41. The number of benzene rings is 2. The summed E-state index contributed by atoms with van der Waals surface area (Å²) >= 11 is 1.74. The number of aliphatic carboxylic acids is 1. The van der Waals surface area contributed by atoms with Crippen molar-refractivity contribution < 1.29 is 14.7 Å². The van der Waals surface area contributed by atoms with Crippen LogP contribution in [0.5, 0.6) is 0 Å². The van der Waals surface area contributed by atoms with Crippen LogP contribution >= 0.6 is 11.8 Å². The van der Waals surface area contributed by atoms with Gasteiger partial charge < -0.3 is 14.9 Å². The Morgan fingerprint density at radius 3 is 2.27 bits per heavy atom. The molecule has 0 bridgehead atoms. The van der Waals surface area contributed by atoms with E-state index in [0.717, 1.165) is 17.8 Å². The molecule has 1 amide bonds. The highest BCUT2D eigenvalue weighted by atomic mass is 32.2. The summed E-state index contributed by atoms with van der Waals surface area (Å²) in [5.41, 5.74) is 2.19. The molecule has 0 spiro atoms. The van der Waals surface area contributed by atoms with Gasteiger partial charge in [-0.1, -0.05) is 36.0 Å². The second-order valence-electron chi connectivity index (χ2n) is 6.52. The molecule has 0 radical (unpaired) electrons. The molecule has 1 atom stereocenters. The number of carbonyl (C=O) groups excluding carboxylic acids is 1. The highest BCUT2D eigenvalue weighted by Gasteiger charge is 2.34. The summed E-state index contributed by atoms with van der Waals surface area (Å²) in [4.78, 5) is 30.0. The Morgan fingerprint density at radius 1 is 1.04 bits per heavy atom. The molecular formula is C20H20N2O3S.